The third-order valence-corrected chi connectivity index (χ3v) is 6.19. The lowest BCUT2D eigenvalue weighted by atomic mass is 10.2. The molecule has 0 radical (unpaired) electrons. The summed E-state index contributed by atoms with van der Waals surface area (Å²) in [5.74, 6) is -0.222. The second-order valence-electron chi connectivity index (χ2n) is 7.25. The number of amidine groups is 1. The molecule has 2 aliphatic rings. The maximum atomic E-state index is 12.6. The normalized spacial score (nSPS) is 21.8. The van der Waals surface area contributed by atoms with E-state index in [0.29, 0.717) is 30.4 Å². The number of esters is 1. The summed E-state index contributed by atoms with van der Waals surface area (Å²) >= 11 is 0. The highest BCUT2D eigenvalue weighted by molar-refractivity contribution is 7.90. The van der Waals surface area contributed by atoms with Gasteiger partial charge in [0, 0.05) is 18.7 Å². The van der Waals surface area contributed by atoms with Gasteiger partial charge in [-0.1, -0.05) is 19.4 Å². The Balaban J connectivity index is 1.58. The topological polar surface area (TPSA) is 114 Å². The summed E-state index contributed by atoms with van der Waals surface area (Å²) in [5.41, 5.74) is 0.312. The van der Waals surface area contributed by atoms with Crippen LogP contribution in [0.2, 0.25) is 0 Å². The Labute approximate surface area is 164 Å². The van der Waals surface area contributed by atoms with Crippen molar-refractivity contribution in [2.75, 3.05) is 18.5 Å². The molecule has 1 aromatic rings. The molecular weight excluding hydrogens is 382 g/mol. The zero-order valence-electron chi connectivity index (χ0n) is 15.8. The lowest BCUT2D eigenvalue weighted by Gasteiger charge is -2.11. The smallest absolute Gasteiger partial charge is 0.309 e. The molecule has 0 bridgehead atoms. The molecule has 2 N–H and O–H groups in total. The number of nitrogens with one attached hydrogen (secondary N) is 2. The van der Waals surface area contributed by atoms with Gasteiger partial charge < -0.3 is 10.1 Å². The van der Waals surface area contributed by atoms with Crippen LogP contribution in [0.15, 0.2) is 34.2 Å². The minimum Gasteiger partial charge on any atom is -0.455 e. The summed E-state index contributed by atoms with van der Waals surface area (Å²) < 4.78 is 32.7. The van der Waals surface area contributed by atoms with Crippen LogP contribution in [0, 0.1) is 11.8 Å². The van der Waals surface area contributed by atoms with E-state index in [4.69, 9.17) is 4.74 Å². The fraction of sp³-hybridized carbons (Fsp3) is 0.526. The maximum Gasteiger partial charge on any atom is 0.309 e. The van der Waals surface area contributed by atoms with Crippen molar-refractivity contribution in [3.8, 4) is 0 Å². The van der Waals surface area contributed by atoms with E-state index in [9.17, 15) is 18.0 Å². The van der Waals surface area contributed by atoms with Gasteiger partial charge in [-0.2, -0.15) is 0 Å². The summed E-state index contributed by atoms with van der Waals surface area (Å²) in [6.07, 6.45) is 4.27. The molecule has 1 fully saturated rings. The van der Waals surface area contributed by atoms with E-state index < -0.39 is 22.5 Å². The summed E-state index contributed by atoms with van der Waals surface area (Å²) in [6, 6.07) is 5.92. The molecule has 8 nitrogen and oxygen atoms in total. The van der Waals surface area contributed by atoms with Crippen LogP contribution in [-0.4, -0.2) is 39.3 Å². The Hall–Kier alpha value is -2.42. The number of carbonyl (C=O) groups is 2. The minimum atomic E-state index is -3.79. The second kappa shape index (κ2) is 8.72. The van der Waals surface area contributed by atoms with E-state index in [-0.39, 0.29) is 16.8 Å². The van der Waals surface area contributed by atoms with Crippen molar-refractivity contribution in [1.29, 1.82) is 0 Å². The quantitative estimate of drug-likeness (QED) is 0.701. The standard InChI is InChI=1S/C19H25N3O5S/c1-13-10-16(13)19(24)27-12-18(23)21-14-6-5-7-15(11-14)28(25,26)22-17-8-3-2-4-9-20-17/h5-7,11,13,16H,2-4,8-10,12H2,1H3,(H,20,22)(H,21,23)/t13-,16-/m1/s1. The van der Waals surface area contributed by atoms with E-state index >= 15 is 0 Å². The van der Waals surface area contributed by atoms with Gasteiger partial charge in [0.1, 0.15) is 5.84 Å². The number of benzene rings is 1. The lowest BCUT2D eigenvalue weighted by molar-refractivity contribution is -0.148. The molecule has 1 aliphatic heterocycles. The first-order chi connectivity index (χ1) is 13.3. The molecule has 1 aliphatic carbocycles. The Bertz CT molecular complexity index is 881. The highest BCUT2D eigenvalue weighted by Gasteiger charge is 2.40. The van der Waals surface area contributed by atoms with Crippen LogP contribution in [0.1, 0.15) is 39.0 Å². The van der Waals surface area contributed by atoms with Crippen LogP contribution in [0.3, 0.4) is 0 Å². The van der Waals surface area contributed by atoms with Gasteiger partial charge in [-0.3, -0.25) is 19.3 Å². The molecule has 28 heavy (non-hydrogen) atoms. The first-order valence-corrected chi connectivity index (χ1v) is 11.0. The number of hydrogen-bond acceptors (Lipinski definition) is 6. The fourth-order valence-corrected chi connectivity index (χ4v) is 4.14. The molecule has 0 unspecified atom stereocenters. The predicted molar refractivity (Wildman–Crippen MR) is 104 cm³/mol. The van der Waals surface area contributed by atoms with Crippen LogP contribution in [0.4, 0.5) is 5.69 Å². The number of nitrogens with zero attached hydrogens (tertiary/aromatic N) is 1. The summed E-state index contributed by atoms with van der Waals surface area (Å²) in [5, 5.41) is 2.56. The molecule has 3 rings (SSSR count). The van der Waals surface area contributed by atoms with Crippen LogP contribution < -0.4 is 10.0 Å². The van der Waals surface area contributed by atoms with Crippen molar-refractivity contribution in [3.05, 3.63) is 24.3 Å². The minimum absolute atomic E-state index is 0.0287. The van der Waals surface area contributed by atoms with Gasteiger partial charge in [0.2, 0.25) is 0 Å². The van der Waals surface area contributed by atoms with E-state index in [1.54, 1.807) is 6.07 Å². The molecule has 0 saturated heterocycles. The SMILES string of the molecule is C[C@@H]1C[C@H]1C(=O)OCC(=O)Nc1cccc(S(=O)(=O)NC2=NCCCCC2)c1. The molecular formula is C19H25N3O5S. The Kier molecular flexibility index (Phi) is 6.33. The van der Waals surface area contributed by atoms with Crippen LogP contribution >= 0.6 is 0 Å². The number of ether oxygens (including phenoxy) is 1. The largest absolute Gasteiger partial charge is 0.455 e. The van der Waals surface area contributed by atoms with Crippen molar-refractivity contribution in [3.63, 3.8) is 0 Å². The van der Waals surface area contributed by atoms with Crippen molar-refractivity contribution in [1.82, 2.24) is 4.72 Å². The lowest BCUT2D eigenvalue weighted by Crippen LogP contribution is -2.30. The summed E-state index contributed by atoms with van der Waals surface area (Å²) in [4.78, 5) is 28.0. The van der Waals surface area contributed by atoms with Gasteiger partial charge in [0.05, 0.1) is 10.8 Å². The van der Waals surface area contributed by atoms with Gasteiger partial charge >= 0.3 is 5.97 Å². The third-order valence-electron chi connectivity index (χ3n) is 4.81. The molecule has 2 atom stereocenters. The molecule has 0 spiro atoms. The first kappa shape index (κ1) is 20.3. The van der Waals surface area contributed by atoms with Gasteiger partial charge in [-0.05, 0) is 43.4 Å². The highest BCUT2D eigenvalue weighted by Crippen LogP contribution is 2.38. The third kappa shape index (κ3) is 5.54. The van der Waals surface area contributed by atoms with Crippen molar-refractivity contribution in [2.24, 2.45) is 16.8 Å². The molecule has 0 aromatic heterocycles. The number of sulfonamides is 1. The van der Waals surface area contributed by atoms with Crippen molar-refractivity contribution in [2.45, 2.75) is 43.9 Å². The predicted octanol–water partition coefficient (Wildman–Crippen LogP) is 2.08. The Morgan fingerprint density at radius 2 is 2.04 bits per heavy atom. The number of carbonyl (C=O) groups excluding carboxylic acids is 2. The number of rotatable bonds is 6. The molecule has 9 heteroatoms. The van der Waals surface area contributed by atoms with Gasteiger partial charge in [-0.25, -0.2) is 8.42 Å². The zero-order valence-corrected chi connectivity index (χ0v) is 16.6. The van der Waals surface area contributed by atoms with E-state index in [2.05, 4.69) is 15.0 Å². The summed E-state index contributed by atoms with van der Waals surface area (Å²) in [7, 11) is -3.79. The molecule has 1 heterocycles. The average molecular weight is 407 g/mol. The van der Waals surface area contributed by atoms with E-state index in [0.717, 1.165) is 25.7 Å². The van der Waals surface area contributed by atoms with Crippen molar-refractivity contribution < 1.29 is 22.7 Å². The molecule has 1 aromatic carbocycles. The zero-order chi connectivity index (χ0) is 20.1. The fourth-order valence-electron chi connectivity index (χ4n) is 3.00. The number of aliphatic imine (C=N–C) groups is 1. The van der Waals surface area contributed by atoms with Gasteiger partial charge in [0.25, 0.3) is 15.9 Å². The van der Waals surface area contributed by atoms with Crippen molar-refractivity contribution >= 4 is 33.4 Å². The second-order valence-corrected chi connectivity index (χ2v) is 8.93. The Morgan fingerprint density at radius 3 is 2.79 bits per heavy atom. The van der Waals surface area contributed by atoms with Crippen LogP contribution in [0.5, 0.6) is 0 Å². The van der Waals surface area contributed by atoms with Gasteiger partial charge in [0.15, 0.2) is 6.61 Å². The van der Waals surface area contributed by atoms with E-state index in [1.807, 2.05) is 6.92 Å². The van der Waals surface area contributed by atoms with Crippen LogP contribution in [-0.2, 0) is 24.3 Å². The first-order valence-electron chi connectivity index (χ1n) is 9.48. The number of amides is 1. The Morgan fingerprint density at radius 1 is 1.25 bits per heavy atom. The van der Waals surface area contributed by atoms with Gasteiger partial charge in [-0.15, -0.1) is 0 Å². The number of hydrogen-bond donors (Lipinski definition) is 2. The monoisotopic (exact) mass is 407 g/mol. The molecule has 1 amide bonds. The maximum absolute atomic E-state index is 12.6. The number of anilines is 1. The highest BCUT2D eigenvalue weighted by atomic mass is 32.2. The average Bonchev–Trinajstić information content (AvgIpc) is 3.43. The van der Waals surface area contributed by atoms with E-state index in [1.165, 1.54) is 18.2 Å². The van der Waals surface area contributed by atoms with Crippen LogP contribution in [0.25, 0.3) is 0 Å². The summed E-state index contributed by atoms with van der Waals surface area (Å²) in [6.45, 7) is 2.17. The molecule has 1 saturated carbocycles. The molecule has 152 valence electrons.